The van der Waals surface area contributed by atoms with Crippen molar-refractivity contribution in [2.45, 2.75) is 6.92 Å². The SMILES string of the molecule is Cc1ccc(-c2oc(Cl)nc2-c2ccc(Cl)cc2)cc1. The number of aromatic nitrogens is 1. The highest BCUT2D eigenvalue weighted by atomic mass is 35.5. The van der Waals surface area contributed by atoms with Crippen LogP contribution in [0, 0.1) is 6.92 Å². The summed E-state index contributed by atoms with van der Waals surface area (Å²) in [5.74, 6) is 0.664. The normalized spacial score (nSPS) is 10.8. The van der Waals surface area contributed by atoms with E-state index in [0.29, 0.717) is 10.8 Å². The Hall–Kier alpha value is -1.77. The van der Waals surface area contributed by atoms with Crippen LogP contribution in [0.1, 0.15) is 5.56 Å². The Morgan fingerprint density at radius 3 is 2.10 bits per heavy atom. The van der Waals surface area contributed by atoms with E-state index >= 15 is 0 Å². The molecular formula is C16H11Cl2NO. The molecule has 3 aromatic rings. The van der Waals surface area contributed by atoms with Crippen LogP contribution in [0.25, 0.3) is 22.6 Å². The molecular weight excluding hydrogens is 293 g/mol. The number of rotatable bonds is 2. The average Bonchev–Trinajstić information content (AvgIpc) is 2.82. The molecule has 0 bridgehead atoms. The first-order valence-electron chi connectivity index (χ1n) is 6.13. The molecule has 0 atom stereocenters. The van der Waals surface area contributed by atoms with Gasteiger partial charge in [0.1, 0.15) is 5.69 Å². The average molecular weight is 304 g/mol. The van der Waals surface area contributed by atoms with Crippen LogP contribution in [-0.4, -0.2) is 4.98 Å². The number of benzene rings is 2. The van der Waals surface area contributed by atoms with E-state index in [1.807, 2.05) is 55.5 Å². The predicted octanol–water partition coefficient (Wildman–Crippen LogP) is 5.62. The van der Waals surface area contributed by atoms with E-state index in [1.165, 1.54) is 5.56 Å². The Bertz CT molecular complexity index is 667. The minimum atomic E-state index is 0.130. The third-order valence-corrected chi connectivity index (χ3v) is 3.45. The summed E-state index contributed by atoms with van der Waals surface area (Å²) in [6.45, 7) is 2.04. The first kappa shape index (κ1) is 13.2. The van der Waals surface area contributed by atoms with Gasteiger partial charge < -0.3 is 4.42 Å². The van der Waals surface area contributed by atoms with E-state index in [9.17, 15) is 0 Å². The summed E-state index contributed by atoms with van der Waals surface area (Å²) in [6, 6.07) is 15.5. The summed E-state index contributed by atoms with van der Waals surface area (Å²) in [5.41, 5.74) is 3.77. The van der Waals surface area contributed by atoms with Crippen molar-refractivity contribution in [2.24, 2.45) is 0 Å². The van der Waals surface area contributed by atoms with Gasteiger partial charge in [0.2, 0.25) is 0 Å². The van der Waals surface area contributed by atoms with Crippen molar-refractivity contribution in [1.82, 2.24) is 4.98 Å². The van der Waals surface area contributed by atoms with Crippen molar-refractivity contribution in [3.63, 3.8) is 0 Å². The van der Waals surface area contributed by atoms with Crippen molar-refractivity contribution in [3.05, 3.63) is 64.5 Å². The highest BCUT2D eigenvalue weighted by molar-refractivity contribution is 6.30. The monoisotopic (exact) mass is 303 g/mol. The highest BCUT2D eigenvalue weighted by Gasteiger charge is 2.15. The van der Waals surface area contributed by atoms with Crippen molar-refractivity contribution in [1.29, 1.82) is 0 Å². The van der Waals surface area contributed by atoms with Gasteiger partial charge >= 0.3 is 0 Å². The lowest BCUT2D eigenvalue weighted by Crippen LogP contribution is -1.83. The fraction of sp³-hybridized carbons (Fsp3) is 0.0625. The molecule has 0 amide bonds. The van der Waals surface area contributed by atoms with Crippen molar-refractivity contribution >= 4 is 23.2 Å². The van der Waals surface area contributed by atoms with Gasteiger partial charge in [0.05, 0.1) is 0 Å². The van der Waals surface area contributed by atoms with Gasteiger partial charge in [0, 0.05) is 16.1 Å². The molecule has 0 saturated carbocycles. The Labute approximate surface area is 127 Å². The molecule has 2 nitrogen and oxygen atoms in total. The van der Waals surface area contributed by atoms with Gasteiger partial charge in [0.25, 0.3) is 5.35 Å². The number of halogens is 2. The predicted molar refractivity (Wildman–Crippen MR) is 82.1 cm³/mol. The lowest BCUT2D eigenvalue weighted by atomic mass is 10.0. The van der Waals surface area contributed by atoms with Gasteiger partial charge in [-0.3, -0.25) is 0 Å². The molecule has 0 unspecified atom stereocenters. The minimum Gasteiger partial charge on any atom is -0.427 e. The molecule has 0 fully saturated rings. The van der Waals surface area contributed by atoms with Gasteiger partial charge in [-0.1, -0.05) is 53.6 Å². The zero-order valence-electron chi connectivity index (χ0n) is 10.7. The molecule has 100 valence electrons. The first-order chi connectivity index (χ1) is 9.63. The van der Waals surface area contributed by atoms with Crippen molar-refractivity contribution < 1.29 is 4.42 Å². The summed E-state index contributed by atoms with van der Waals surface area (Å²) in [6.07, 6.45) is 0. The molecule has 0 aliphatic rings. The zero-order valence-corrected chi connectivity index (χ0v) is 12.2. The van der Waals surface area contributed by atoms with Crippen LogP contribution >= 0.6 is 23.2 Å². The van der Waals surface area contributed by atoms with Gasteiger partial charge in [-0.05, 0) is 30.7 Å². The molecule has 0 saturated heterocycles. The maximum absolute atomic E-state index is 5.92. The molecule has 0 spiro atoms. The van der Waals surface area contributed by atoms with Crippen LogP contribution in [-0.2, 0) is 0 Å². The molecule has 4 heteroatoms. The summed E-state index contributed by atoms with van der Waals surface area (Å²) in [5, 5.41) is 0.811. The molecule has 1 aromatic heterocycles. The maximum Gasteiger partial charge on any atom is 0.293 e. The van der Waals surface area contributed by atoms with E-state index in [2.05, 4.69) is 4.98 Å². The lowest BCUT2D eigenvalue weighted by molar-refractivity contribution is 0.574. The third-order valence-electron chi connectivity index (χ3n) is 3.03. The Morgan fingerprint density at radius 1 is 0.850 bits per heavy atom. The smallest absolute Gasteiger partial charge is 0.293 e. The quantitative estimate of drug-likeness (QED) is 0.613. The number of hydrogen-bond acceptors (Lipinski definition) is 2. The highest BCUT2D eigenvalue weighted by Crippen LogP contribution is 2.34. The molecule has 20 heavy (non-hydrogen) atoms. The lowest BCUT2D eigenvalue weighted by Gasteiger charge is -2.02. The molecule has 0 aliphatic heterocycles. The fourth-order valence-corrected chi connectivity index (χ4v) is 2.29. The molecule has 2 aromatic carbocycles. The van der Waals surface area contributed by atoms with E-state index < -0.39 is 0 Å². The van der Waals surface area contributed by atoms with Gasteiger partial charge in [-0.25, -0.2) is 0 Å². The van der Waals surface area contributed by atoms with Crippen LogP contribution in [0.2, 0.25) is 10.4 Å². The third kappa shape index (κ3) is 2.58. The van der Waals surface area contributed by atoms with Crippen LogP contribution in [0.15, 0.2) is 52.9 Å². The van der Waals surface area contributed by atoms with E-state index in [-0.39, 0.29) is 5.35 Å². The second kappa shape index (κ2) is 5.31. The van der Waals surface area contributed by atoms with E-state index in [0.717, 1.165) is 16.8 Å². The maximum atomic E-state index is 5.92. The molecule has 0 radical (unpaired) electrons. The molecule has 0 aliphatic carbocycles. The summed E-state index contributed by atoms with van der Waals surface area (Å²) < 4.78 is 5.55. The Kier molecular flexibility index (Phi) is 3.51. The van der Waals surface area contributed by atoms with Gasteiger partial charge in [-0.2, -0.15) is 4.98 Å². The summed E-state index contributed by atoms with van der Waals surface area (Å²) in [7, 11) is 0. The summed E-state index contributed by atoms with van der Waals surface area (Å²) in [4.78, 5) is 4.27. The van der Waals surface area contributed by atoms with E-state index in [1.54, 1.807) is 0 Å². The van der Waals surface area contributed by atoms with Crippen LogP contribution in [0.4, 0.5) is 0 Å². The van der Waals surface area contributed by atoms with Crippen LogP contribution in [0.3, 0.4) is 0 Å². The minimum absolute atomic E-state index is 0.130. The fourth-order valence-electron chi connectivity index (χ4n) is 2.00. The van der Waals surface area contributed by atoms with Crippen molar-refractivity contribution in [2.75, 3.05) is 0 Å². The van der Waals surface area contributed by atoms with Crippen LogP contribution < -0.4 is 0 Å². The summed E-state index contributed by atoms with van der Waals surface area (Å²) >= 11 is 11.8. The van der Waals surface area contributed by atoms with Crippen LogP contribution in [0.5, 0.6) is 0 Å². The second-order valence-electron chi connectivity index (χ2n) is 4.52. The topological polar surface area (TPSA) is 26.0 Å². The number of hydrogen-bond donors (Lipinski definition) is 0. The zero-order chi connectivity index (χ0) is 14.1. The van der Waals surface area contributed by atoms with Gasteiger partial charge in [0.15, 0.2) is 5.76 Å². The number of aryl methyl sites for hydroxylation is 1. The number of nitrogens with zero attached hydrogens (tertiary/aromatic N) is 1. The Balaban J connectivity index is 2.12. The largest absolute Gasteiger partial charge is 0.427 e. The van der Waals surface area contributed by atoms with Crippen molar-refractivity contribution in [3.8, 4) is 22.6 Å². The Morgan fingerprint density at radius 2 is 1.45 bits per heavy atom. The van der Waals surface area contributed by atoms with Gasteiger partial charge in [-0.15, -0.1) is 0 Å². The standard InChI is InChI=1S/C16H11Cl2NO/c1-10-2-4-12(5-3-10)15-14(19-16(18)20-15)11-6-8-13(17)9-7-11/h2-9H,1H3. The first-order valence-corrected chi connectivity index (χ1v) is 6.88. The molecule has 0 N–H and O–H groups in total. The molecule has 3 rings (SSSR count). The number of oxazole rings is 1. The second-order valence-corrected chi connectivity index (χ2v) is 5.28. The van der Waals surface area contributed by atoms with E-state index in [4.69, 9.17) is 27.6 Å². The molecule has 1 heterocycles.